The van der Waals surface area contributed by atoms with Crippen LogP contribution in [0.2, 0.25) is 0 Å². The van der Waals surface area contributed by atoms with Crippen LogP contribution in [-0.2, 0) is 14.8 Å². The number of aryl methyl sites for hydroxylation is 2. The predicted molar refractivity (Wildman–Crippen MR) is 121 cm³/mol. The number of nitrogens with one attached hydrogen (secondary N) is 1. The molecule has 0 saturated carbocycles. The van der Waals surface area contributed by atoms with E-state index in [2.05, 4.69) is 5.32 Å². The van der Waals surface area contributed by atoms with Gasteiger partial charge in [-0.25, -0.2) is 8.42 Å². The van der Waals surface area contributed by atoms with Crippen LogP contribution < -0.4 is 14.4 Å². The Bertz CT molecular complexity index is 971. The number of amides is 1. The summed E-state index contributed by atoms with van der Waals surface area (Å²) in [6.45, 7) is 10.2. The molecule has 2 aromatic rings. The van der Waals surface area contributed by atoms with E-state index in [1.165, 1.54) is 9.87 Å². The Hall–Kier alpha value is -2.54. The molecule has 1 N–H and O–H groups in total. The van der Waals surface area contributed by atoms with Gasteiger partial charge >= 0.3 is 0 Å². The number of hydrogen-bond donors (Lipinski definition) is 1. The van der Waals surface area contributed by atoms with E-state index in [1.54, 1.807) is 31.2 Å². The average Bonchev–Trinajstić information content (AvgIpc) is 2.68. The van der Waals surface area contributed by atoms with Crippen molar-refractivity contribution in [1.82, 2.24) is 5.32 Å². The molecule has 0 bridgehead atoms. The molecule has 1 amide bonds. The highest BCUT2D eigenvalue weighted by Gasteiger charge is 2.32. The minimum Gasteiger partial charge on any atom is -0.494 e. The molecule has 0 aromatic heterocycles. The first-order chi connectivity index (χ1) is 14.1. The van der Waals surface area contributed by atoms with Crippen molar-refractivity contribution in [2.75, 3.05) is 17.2 Å². The van der Waals surface area contributed by atoms with Crippen LogP contribution in [0.15, 0.2) is 42.5 Å². The molecule has 0 spiro atoms. The van der Waals surface area contributed by atoms with Crippen LogP contribution in [0, 0.1) is 13.8 Å². The second kappa shape index (κ2) is 9.98. The van der Waals surface area contributed by atoms with E-state index in [0.29, 0.717) is 24.5 Å². The first-order valence-electron chi connectivity index (χ1n) is 10.2. The van der Waals surface area contributed by atoms with Crippen molar-refractivity contribution in [3.63, 3.8) is 0 Å². The topological polar surface area (TPSA) is 75.7 Å². The Labute approximate surface area is 180 Å². The predicted octanol–water partition coefficient (Wildman–Crippen LogP) is 4.12. The van der Waals surface area contributed by atoms with Gasteiger partial charge in [0.1, 0.15) is 11.8 Å². The molecular formula is C23H32N2O4S. The summed E-state index contributed by atoms with van der Waals surface area (Å²) in [5.74, 6) is 0.318. The van der Waals surface area contributed by atoms with Crippen LogP contribution in [-0.4, -0.2) is 33.2 Å². The van der Waals surface area contributed by atoms with E-state index in [9.17, 15) is 13.2 Å². The second-order valence-electron chi connectivity index (χ2n) is 7.48. The molecule has 0 unspecified atom stereocenters. The number of nitrogens with zero attached hydrogens (tertiary/aromatic N) is 1. The number of carbonyl (C=O) groups excluding carboxylic acids is 1. The standard InChI is InChI=1S/C23H32N2O4S/c1-7-22(23(26)24-18(5)19-10-9-16(3)17(4)15-19)25(30(6,27)28)20-11-13-21(14-12-20)29-8-2/h9-15,18,22H,7-8H2,1-6H3,(H,24,26)/t18-,22+/m0/s1. The Morgan fingerprint density at radius 2 is 1.70 bits per heavy atom. The minimum atomic E-state index is -3.68. The molecule has 7 heteroatoms. The molecule has 2 aromatic carbocycles. The van der Waals surface area contributed by atoms with Gasteiger partial charge in [-0.1, -0.05) is 25.1 Å². The summed E-state index contributed by atoms with van der Waals surface area (Å²) in [6, 6.07) is 11.7. The average molecular weight is 433 g/mol. The van der Waals surface area contributed by atoms with Crippen LogP contribution in [0.5, 0.6) is 5.75 Å². The van der Waals surface area contributed by atoms with Crippen molar-refractivity contribution in [3.8, 4) is 5.75 Å². The lowest BCUT2D eigenvalue weighted by Crippen LogP contribution is -2.49. The highest BCUT2D eigenvalue weighted by molar-refractivity contribution is 7.92. The Morgan fingerprint density at radius 1 is 1.07 bits per heavy atom. The number of benzene rings is 2. The number of sulfonamides is 1. The van der Waals surface area contributed by atoms with Crippen LogP contribution in [0.4, 0.5) is 5.69 Å². The molecule has 0 aliphatic carbocycles. The van der Waals surface area contributed by atoms with E-state index in [0.717, 1.165) is 17.4 Å². The molecule has 0 radical (unpaired) electrons. The smallest absolute Gasteiger partial charge is 0.244 e. The van der Waals surface area contributed by atoms with E-state index in [1.807, 2.05) is 45.9 Å². The van der Waals surface area contributed by atoms with E-state index in [-0.39, 0.29) is 11.9 Å². The number of hydrogen-bond acceptors (Lipinski definition) is 4. The summed E-state index contributed by atoms with van der Waals surface area (Å²) in [5.41, 5.74) is 3.74. The molecular weight excluding hydrogens is 400 g/mol. The number of anilines is 1. The molecule has 0 heterocycles. The van der Waals surface area contributed by atoms with E-state index < -0.39 is 16.1 Å². The number of carbonyl (C=O) groups is 1. The van der Waals surface area contributed by atoms with Crippen LogP contribution in [0.1, 0.15) is 49.9 Å². The molecule has 2 rings (SSSR count). The first kappa shape index (κ1) is 23.7. The summed E-state index contributed by atoms with van der Waals surface area (Å²) in [4.78, 5) is 13.1. The lowest BCUT2D eigenvalue weighted by molar-refractivity contribution is -0.122. The van der Waals surface area contributed by atoms with Gasteiger partial charge in [-0.15, -0.1) is 0 Å². The zero-order valence-corrected chi connectivity index (χ0v) is 19.4. The zero-order valence-electron chi connectivity index (χ0n) is 18.6. The summed E-state index contributed by atoms with van der Waals surface area (Å²) in [6.07, 6.45) is 1.46. The van der Waals surface area contributed by atoms with Crippen molar-refractivity contribution in [2.24, 2.45) is 0 Å². The fourth-order valence-electron chi connectivity index (χ4n) is 3.34. The number of rotatable bonds is 9. The molecule has 164 valence electrons. The van der Waals surface area contributed by atoms with E-state index in [4.69, 9.17) is 4.74 Å². The summed E-state index contributed by atoms with van der Waals surface area (Å²) < 4.78 is 31.8. The fourth-order valence-corrected chi connectivity index (χ4v) is 4.55. The normalized spacial score (nSPS) is 13.4. The molecule has 0 saturated heterocycles. The summed E-state index contributed by atoms with van der Waals surface area (Å²) >= 11 is 0. The van der Waals surface area contributed by atoms with Crippen molar-refractivity contribution in [3.05, 3.63) is 59.2 Å². The van der Waals surface area contributed by atoms with Gasteiger partial charge in [0.15, 0.2) is 0 Å². The third-order valence-electron chi connectivity index (χ3n) is 5.12. The van der Waals surface area contributed by atoms with Gasteiger partial charge in [0.05, 0.1) is 24.6 Å². The second-order valence-corrected chi connectivity index (χ2v) is 9.34. The lowest BCUT2D eigenvalue weighted by atomic mass is 10.0. The lowest BCUT2D eigenvalue weighted by Gasteiger charge is -2.31. The highest BCUT2D eigenvalue weighted by atomic mass is 32.2. The molecule has 0 aliphatic heterocycles. The van der Waals surface area contributed by atoms with Crippen LogP contribution >= 0.6 is 0 Å². The summed E-state index contributed by atoms with van der Waals surface area (Å²) in [5, 5.41) is 2.98. The first-order valence-corrected chi connectivity index (χ1v) is 12.0. The molecule has 0 aliphatic rings. The maximum Gasteiger partial charge on any atom is 0.244 e. The third-order valence-corrected chi connectivity index (χ3v) is 6.30. The van der Waals surface area contributed by atoms with Gasteiger partial charge in [-0.05, 0) is 75.1 Å². The van der Waals surface area contributed by atoms with Crippen LogP contribution in [0.3, 0.4) is 0 Å². The largest absolute Gasteiger partial charge is 0.494 e. The minimum absolute atomic E-state index is 0.243. The molecule has 2 atom stereocenters. The molecule has 6 nitrogen and oxygen atoms in total. The van der Waals surface area contributed by atoms with Gasteiger partial charge in [0.25, 0.3) is 0 Å². The fraction of sp³-hybridized carbons (Fsp3) is 0.435. The zero-order chi connectivity index (χ0) is 22.5. The maximum atomic E-state index is 13.1. The Kier molecular flexibility index (Phi) is 7.89. The van der Waals surface area contributed by atoms with Gasteiger partial charge in [0, 0.05) is 0 Å². The SMILES string of the molecule is CCOc1ccc(N([C@H](CC)C(=O)N[C@@H](C)c2ccc(C)c(C)c2)S(C)(=O)=O)cc1. The monoisotopic (exact) mass is 432 g/mol. The Morgan fingerprint density at radius 3 is 2.20 bits per heavy atom. The quantitative estimate of drug-likeness (QED) is 0.647. The number of ether oxygens (including phenoxy) is 1. The summed E-state index contributed by atoms with van der Waals surface area (Å²) in [7, 11) is -3.68. The Balaban J connectivity index is 2.29. The molecule has 0 fully saturated rings. The van der Waals surface area contributed by atoms with Crippen LogP contribution in [0.25, 0.3) is 0 Å². The third kappa shape index (κ3) is 5.75. The molecule has 30 heavy (non-hydrogen) atoms. The maximum absolute atomic E-state index is 13.1. The van der Waals surface area contributed by atoms with Gasteiger partial charge in [0.2, 0.25) is 15.9 Å². The van der Waals surface area contributed by atoms with Gasteiger partial charge in [-0.2, -0.15) is 0 Å². The van der Waals surface area contributed by atoms with Crippen molar-refractivity contribution in [2.45, 2.75) is 53.1 Å². The van der Waals surface area contributed by atoms with Crippen molar-refractivity contribution < 1.29 is 17.9 Å². The van der Waals surface area contributed by atoms with Gasteiger partial charge in [-0.3, -0.25) is 9.10 Å². The van der Waals surface area contributed by atoms with Crippen molar-refractivity contribution >= 4 is 21.6 Å². The highest BCUT2D eigenvalue weighted by Crippen LogP contribution is 2.26. The van der Waals surface area contributed by atoms with E-state index >= 15 is 0 Å². The van der Waals surface area contributed by atoms with Crippen molar-refractivity contribution in [1.29, 1.82) is 0 Å². The van der Waals surface area contributed by atoms with Gasteiger partial charge < -0.3 is 10.1 Å².